The van der Waals surface area contributed by atoms with Gasteiger partial charge in [-0.3, -0.25) is 15.0 Å². The average Bonchev–Trinajstić information content (AvgIpc) is 2.47. The van der Waals surface area contributed by atoms with Gasteiger partial charge in [-0.1, -0.05) is 18.0 Å². The molecule has 1 aromatic carbocycles. The molecule has 0 aromatic heterocycles. The van der Waals surface area contributed by atoms with Gasteiger partial charge in [0.25, 0.3) is 5.69 Å². The van der Waals surface area contributed by atoms with Crippen molar-refractivity contribution in [2.24, 2.45) is 0 Å². The maximum atomic E-state index is 10.9. The van der Waals surface area contributed by atoms with Gasteiger partial charge in [-0.2, -0.15) is 0 Å². The van der Waals surface area contributed by atoms with Crippen LogP contribution in [0.5, 0.6) is 0 Å². The molecule has 2 unspecified atom stereocenters. The Morgan fingerprint density at radius 3 is 3.00 bits per heavy atom. The largest absolute Gasteiger partial charge is 0.359 e. The van der Waals surface area contributed by atoms with Crippen LogP contribution in [0.3, 0.4) is 0 Å². The summed E-state index contributed by atoms with van der Waals surface area (Å²) in [6.45, 7) is 1.65. The fraction of sp³-hybridized carbons (Fsp3) is 0.571. The summed E-state index contributed by atoms with van der Waals surface area (Å²) >= 11 is 6.24. The van der Waals surface area contributed by atoms with Crippen molar-refractivity contribution in [2.45, 2.75) is 38.0 Å². The second-order valence-corrected chi connectivity index (χ2v) is 5.77. The number of hydrogen-bond donors (Lipinski definition) is 0. The zero-order valence-corrected chi connectivity index (χ0v) is 11.9. The van der Waals surface area contributed by atoms with Gasteiger partial charge in [0.15, 0.2) is 0 Å². The fourth-order valence-electron chi connectivity index (χ4n) is 3.16. The summed E-state index contributed by atoms with van der Waals surface area (Å²) in [5.74, 6) is 0. The van der Waals surface area contributed by atoms with E-state index in [0.717, 1.165) is 19.4 Å². The SMILES string of the molecule is O=[N+]([O-])c1ccc(Cl)c(C2OCCC3CCCCN32)c1. The number of nitro benzene ring substituents is 1. The number of piperidine rings is 1. The summed E-state index contributed by atoms with van der Waals surface area (Å²) in [6, 6.07) is 5.08. The molecular weight excluding hydrogens is 280 g/mol. The minimum atomic E-state index is -0.393. The Morgan fingerprint density at radius 1 is 1.35 bits per heavy atom. The quantitative estimate of drug-likeness (QED) is 0.619. The van der Waals surface area contributed by atoms with Gasteiger partial charge in [0.2, 0.25) is 0 Å². The highest BCUT2D eigenvalue weighted by Crippen LogP contribution is 2.38. The summed E-state index contributed by atoms with van der Waals surface area (Å²) in [5.41, 5.74) is 0.777. The van der Waals surface area contributed by atoms with Crippen molar-refractivity contribution in [1.82, 2.24) is 4.90 Å². The third kappa shape index (κ3) is 2.53. The van der Waals surface area contributed by atoms with Gasteiger partial charge in [-0.05, 0) is 25.3 Å². The molecule has 0 spiro atoms. The third-order valence-corrected chi connectivity index (χ3v) is 4.50. The number of rotatable bonds is 2. The van der Waals surface area contributed by atoms with Gasteiger partial charge in [0, 0.05) is 35.3 Å². The number of ether oxygens (including phenoxy) is 1. The van der Waals surface area contributed by atoms with Crippen LogP contribution in [0.1, 0.15) is 37.5 Å². The second kappa shape index (κ2) is 5.68. The molecule has 3 rings (SSSR count). The van der Waals surface area contributed by atoms with Gasteiger partial charge in [-0.15, -0.1) is 0 Å². The zero-order chi connectivity index (χ0) is 14.1. The van der Waals surface area contributed by atoms with E-state index in [4.69, 9.17) is 16.3 Å². The molecule has 0 N–H and O–H groups in total. The molecular formula is C14H17ClN2O3. The number of fused-ring (bicyclic) bond motifs is 1. The van der Waals surface area contributed by atoms with Crippen LogP contribution in [-0.2, 0) is 4.74 Å². The Bertz CT molecular complexity index is 521. The van der Waals surface area contributed by atoms with E-state index >= 15 is 0 Å². The Labute approximate surface area is 122 Å². The molecule has 2 aliphatic heterocycles. The van der Waals surface area contributed by atoms with Crippen molar-refractivity contribution in [1.29, 1.82) is 0 Å². The summed E-state index contributed by atoms with van der Waals surface area (Å²) in [4.78, 5) is 12.8. The third-order valence-electron chi connectivity index (χ3n) is 4.16. The van der Waals surface area contributed by atoms with E-state index in [-0.39, 0.29) is 11.9 Å². The van der Waals surface area contributed by atoms with Crippen molar-refractivity contribution in [3.05, 3.63) is 38.9 Å². The minimum absolute atomic E-state index is 0.0622. The van der Waals surface area contributed by atoms with Gasteiger partial charge < -0.3 is 4.74 Å². The lowest BCUT2D eigenvalue weighted by atomic mass is 9.96. The summed E-state index contributed by atoms with van der Waals surface area (Å²) in [6.07, 6.45) is 4.34. The number of nitrogens with zero attached hydrogens (tertiary/aromatic N) is 2. The first-order valence-corrected chi connectivity index (χ1v) is 7.36. The standard InChI is InChI=1S/C14H17ClN2O3/c15-13-5-4-11(17(18)19)9-12(13)14-16-7-2-1-3-10(16)6-8-20-14/h4-5,9-10,14H,1-3,6-8H2. The minimum Gasteiger partial charge on any atom is -0.359 e. The van der Waals surface area contributed by atoms with E-state index < -0.39 is 4.92 Å². The number of non-ortho nitro benzene ring substituents is 1. The topological polar surface area (TPSA) is 55.6 Å². The maximum absolute atomic E-state index is 10.9. The van der Waals surface area contributed by atoms with Crippen LogP contribution in [0, 0.1) is 10.1 Å². The van der Waals surface area contributed by atoms with Crippen LogP contribution in [-0.4, -0.2) is 29.0 Å². The van der Waals surface area contributed by atoms with Crippen LogP contribution in [0.15, 0.2) is 18.2 Å². The summed E-state index contributed by atoms with van der Waals surface area (Å²) in [5, 5.41) is 11.5. The van der Waals surface area contributed by atoms with Crippen molar-refractivity contribution < 1.29 is 9.66 Å². The second-order valence-electron chi connectivity index (χ2n) is 5.36. The van der Waals surface area contributed by atoms with Crippen LogP contribution >= 0.6 is 11.6 Å². The van der Waals surface area contributed by atoms with Crippen LogP contribution in [0.25, 0.3) is 0 Å². The fourth-order valence-corrected chi connectivity index (χ4v) is 3.37. The van der Waals surface area contributed by atoms with Crippen molar-refractivity contribution in [3.8, 4) is 0 Å². The summed E-state index contributed by atoms with van der Waals surface area (Å²) < 4.78 is 5.87. The molecule has 2 heterocycles. The molecule has 0 amide bonds. The van der Waals surface area contributed by atoms with E-state index in [0.29, 0.717) is 23.2 Å². The molecule has 6 heteroatoms. The Morgan fingerprint density at radius 2 is 2.20 bits per heavy atom. The summed E-state index contributed by atoms with van der Waals surface area (Å²) in [7, 11) is 0. The molecule has 20 heavy (non-hydrogen) atoms. The molecule has 2 fully saturated rings. The van der Waals surface area contributed by atoms with Crippen LogP contribution in [0.4, 0.5) is 5.69 Å². The first-order valence-electron chi connectivity index (χ1n) is 6.98. The van der Waals surface area contributed by atoms with Crippen LogP contribution in [0.2, 0.25) is 5.02 Å². The molecule has 1 aromatic rings. The first kappa shape index (κ1) is 13.8. The van der Waals surface area contributed by atoms with E-state index in [2.05, 4.69) is 4.90 Å². The highest BCUT2D eigenvalue weighted by Gasteiger charge is 2.35. The molecule has 0 saturated carbocycles. The highest BCUT2D eigenvalue weighted by atomic mass is 35.5. The van der Waals surface area contributed by atoms with Crippen molar-refractivity contribution in [2.75, 3.05) is 13.2 Å². The van der Waals surface area contributed by atoms with Gasteiger partial charge >= 0.3 is 0 Å². The van der Waals surface area contributed by atoms with E-state index in [1.807, 2.05) is 0 Å². The lowest BCUT2D eigenvalue weighted by Crippen LogP contribution is -2.47. The number of benzene rings is 1. The zero-order valence-electron chi connectivity index (χ0n) is 11.1. The van der Waals surface area contributed by atoms with Gasteiger partial charge in [0.1, 0.15) is 6.23 Å². The Balaban J connectivity index is 1.94. The molecule has 0 radical (unpaired) electrons. The molecule has 2 atom stereocenters. The van der Waals surface area contributed by atoms with Crippen molar-refractivity contribution in [3.63, 3.8) is 0 Å². The molecule has 2 saturated heterocycles. The van der Waals surface area contributed by atoms with Gasteiger partial charge in [0.05, 0.1) is 11.5 Å². The van der Waals surface area contributed by atoms with Crippen molar-refractivity contribution >= 4 is 17.3 Å². The lowest BCUT2D eigenvalue weighted by molar-refractivity contribution is -0.385. The number of hydrogen-bond acceptors (Lipinski definition) is 4. The molecule has 0 bridgehead atoms. The van der Waals surface area contributed by atoms with E-state index in [1.165, 1.54) is 18.9 Å². The van der Waals surface area contributed by atoms with E-state index in [1.54, 1.807) is 12.1 Å². The number of halogens is 1. The average molecular weight is 297 g/mol. The molecule has 0 aliphatic carbocycles. The molecule has 5 nitrogen and oxygen atoms in total. The number of nitro groups is 1. The predicted molar refractivity (Wildman–Crippen MR) is 75.8 cm³/mol. The van der Waals surface area contributed by atoms with Gasteiger partial charge in [-0.25, -0.2) is 0 Å². The normalized spacial score (nSPS) is 27.1. The highest BCUT2D eigenvalue weighted by molar-refractivity contribution is 6.31. The maximum Gasteiger partial charge on any atom is 0.269 e. The lowest BCUT2D eigenvalue weighted by Gasteiger charge is -2.44. The van der Waals surface area contributed by atoms with E-state index in [9.17, 15) is 10.1 Å². The monoisotopic (exact) mass is 296 g/mol. The van der Waals surface area contributed by atoms with Crippen LogP contribution < -0.4 is 0 Å². The molecule has 2 aliphatic rings. The predicted octanol–water partition coefficient (Wildman–Crippen LogP) is 3.52. The first-order chi connectivity index (χ1) is 9.66. The Kier molecular flexibility index (Phi) is 3.92. The smallest absolute Gasteiger partial charge is 0.269 e. The molecule has 108 valence electrons. The Hall–Kier alpha value is -1.17.